The second-order valence-corrected chi connectivity index (χ2v) is 2.33. The summed E-state index contributed by atoms with van der Waals surface area (Å²) < 4.78 is 42.0. The lowest BCUT2D eigenvalue weighted by Gasteiger charge is -2.07. The number of pyridine rings is 1. The quantitative estimate of drug-likeness (QED) is 0.689. The molecule has 0 spiro atoms. The van der Waals surface area contributed by atoms with Gasteiger partial charge in [-0.2, -0.15) is 9.65 Å². The molecule has 0 unspecified atom stereocenters. The fourth-order valence-corrected chi connectivity index (χ4v) is 0.942. The predicted octanol–water partition coefficient (Wildman–Crippen LogP) is 2.04. The third kappa shape index (κ3) is 1.76. The zero-order chi connectivity index (χ0) is 10.7. The molecule has 0 atom stereocenters. The van der Waals surface area contributed by atoms with Crippen LogP contribution in [-0.2, 0) is 0 Å². The van der Waals surface area contributed by atoms with Crippen molar-refractivity contribution in [3.8, 4) is 11.8 Å². The molecule has 0 saturated heterocycles. The first-order chi connectivity index (χ1) is 6.60. The molecule has 0 fully saturated rings. The Labute approximate surface area is 77.7 Å². The summed E-state index contributed by atoms with van der Waals surface area (Å²) in [5.41, 5.74) is -1.07. The van der Waals surface area contributed by atoms with E-state index in [4.69, 9.17) is 5.26 Å². The summed E-state index contributed by atoms with van der Waals surface area (Å²) in [5.74, 6) is -1.83. The van der Waals surface area contributed by atoms with E-state index >= 15 is 0 Å². The highest BCUT2D eigenvalue weighted by molar-refractivity contribution is 5.38. The molecule has 0 saturated carbocycles. The van der Waals surface area contributed by atoms with E-state index in [1.807, 2.05) is 0 Å². The van der Waals surface area contributed by atoms with Gasteiger partial charge in [0.2, 0.25) is 0 Å². The Hall–Kier alpha value is -1.77. The lowest BCUT2D eigenvalue weighted by molar-refractivity contribution is 0.145. The number of hydrogen-bond acceptors (Lipinski definition) is 3. The van der Waals surface area contributed by atoms with Crippen LogP contribution in [0.5, 0.6) is 5.75 Å². The van der Waals surface area contributed by atoms with Crippen LogP contribution >= 0.6 is 0 Å². The number of rotatable bonds is 2. The van der Waals surface area contributed by atoms with E-state index < -0.39 is 29.4 Å². The van der Waals surface area contributed by atoms with E-state index in [-0.39, 0.29) is 0 Å². The number of methoxy groups -OCH3 is 1. The van der Waals surface area contributed by atoms with E-state index in [2.05, 4.69) is 9.72 Å². The van der Waals surface area contributed by atoms with Crippen LogP contribution in [0.2, 0.25) is 0 Å². The molecule has 0 aromatic carbocycles. The zero-order valence-electron chi connectivity index (χ0n) is 7.09. The predicted molar refractivity (Wildman–Crippen MR) is 40.4 cm³/mol. The maximum Gasteiger partial charge on any atom is 0.267 e. The first-order valence-corrected chi connectivity index (χ1v) is 3.52. The third-order valence-corrected chi connectivity index (χ3v) is 1.51. The Morgan fingerprint density at radius 2 is 2.21 bits per heavy atom. The maximum absolute atomic E-state index is 12.9. The first-order valence-electron chi connectivity index (χ1n) is 3.52. The van der Waals surface area contributed by atoms with Crippen LogP contribution in [0.15, 0.2) is 6.07 Å². The van der Waals surface area contributed by atoms with Gasteiger partial charge in [0.25, 0.3) is 12.4 Å². The molecule has 0 radical (unpaired) electrons. The van der Waals surface area contributed by atoms with Crippen LogP contribution in [0.4, 0.5) is 13.2 Å². The van der Waals surface area contributed by atoms with Gasteiger partial charge in [0.1, 0.15) is 11.8 Å². The second-order valence-electron chi connectivity index (χ2n) is 2.33. The summed E-state index contributed by atoms with van der Waals surface area (Å²) in [6.45, 7) is 0. The van der Waals surface area contributed by atoms with E-state index in [1.165, 1.54) is 6.07 Å². The zero-order valence-corrected chi connectivity index (χ0v) is 7.09. The molecule has 1 rings (SSSR count). The smallest absolute Gasteiger partial charge is 0.267 e. The van der Waals surface area contributed by atoms with Crippen molar-refractivity contribution < 1.29 is 17.9 Å². The highest BCUT2D eigenvalue weighted by Crippen LogP contribution is 2.30. The Morgan fingerprint density at radius 3 is 2.64 bits per heavy atom. The Balaban J connectivity index is 3.37. The average molecular weight is 202 g/mol. The Morgan fingerprint density at radius 1 is 1.57 bits per heavy atom. The van der Waals surface area contributed by atoms with Gasteiger partial charge < -0.3 is 4.74 Å². The van der Waals surface area contributed by atoms with E-state index in [0.717, 1.165) is 13.2 Å². The number of halogens is 3. The number of hydrogen-bond donors (Lipinski definition) is 0. The molecule has 0 amide bonds. The lowest BCUT2D eigenvalue weighted by Crippen LogP contribution is -2.00. The van der Waals surface area contributed by atoms with Gasteiger partial charge in [-0.1, -0.05) is 0 Å². The van der Waals surface area contributed by atoms with Crippen molar-refractivity contribution in [3.63, 3.8) is 0 Å². The number of aromatic nitrogens is 1. The number of alkyl halides is 2. The largest absolute Gasteiger partial charge is 0.492 e. The molecule has 6 heteroatoms. The van der Waals surface area contributed by atoms with Crippen molar-refractivity contribution in [3.05, 3.63) is 23.3 Å². The molecule has 0 aliphatic heterocycles. The standard InChI is InChI=1S/C8H5F3N2O/c1-14-6-5(7(9)10)2-4(3-12)13-8(6)11/h2,7H,1H3. The van der Waals surface area contributed by atoms with Crippen molar-refractivity contribution >= 4 is 0 Å². The third-order valence-electron chi connectivity index (χ3n) is 1.51. The summed E-state index contributed by atoms with van der Waals surface area (Å²) in [6.07, 6.45) is -2.91. The average Bonchev–Trinajstić information content (AvgIpc) is 2.16. The summed E-state index contributed by atoms with van der Waals surface area (Å²) >= 11 is 0. The summed E-state index contributed by atoms with van der Waals surface area (Å²) in [6, 6.07) is 2.27. The summed E-state index contributed by atoms with van der Waals surface area (Å²) in [5, 5.41) is 8.37. The molecular formula is C8H5F3N2O. The van der Waals surface area contributed by atoms with E-state index in [1.54, 1.807) is 0 Å². The molecule has 0 aliphatic carbocycles. The van der Waals surface area contributed by atoms with Crippen LogP contribution in [0, 0.1) is 17.3 Å². The van der Waals surface area contributed by atoms with E-state index in [0.29, 0.717) is 0 Å². The molecule has 74 valence electrons. The van der Waals surface area contributed by atoms with Crippen molar-refractivity contribution in [1.82, 2.24) is 4.98 Å². The lowest BCUT2D eigenvalue weighted by atomic mass is 10.2. The molecule has 0 bridgehead atoms. The highest BCUT2D eigenvalue weighted by Gasteiger charge is 2.20. The van der Waals surface area contributed by atoms with Gasteiger partial charge in [0.05, 0.1) is 12.7 Å². The molecule has 14 heavy (non-hydrogen) atoms. The van der Waals surface area contributed by atoms with Gasteiger partial charge in [-0.25, -0.2) is 13.8 Å². The van der Waals surface area contributed by atoms with Crippen molar-refractivity contribution in [2.75, 3.05) is 7.11 Å². The SMILES string of the molecule is COc1c(C(F)F)cc(C#N)nc1F. The number of nitrogens with zero attached hydrogens (tertiary/aromatic N) is 2. The van der Waals surface area contributed by atoms with Gasteiger partial charge >= 0.3 is 0 Å². The molecule has 1 aromatic rings. The molecule has 0 N–H and O–H groups in total. The van der Waals surface area contributed by atoms with Gasteiger partial charge in [-0.3, -0.25) is 0 Å². The molecule has 3 nitrogen and oxygen atoms in total. The van der Waals surface area contributed by atoms with Gasteiger partial charge in [-0.15, -0.1) is 0 Å². The monoisotopic (exact) mass is 202 g/mol. The molecule has 1 aromatic heterocycles. The fourth-order valence-electron chi connectivity index (χ4n) is 0.942. The van der Waals surface area contributed by atoms with Crippen LogP contribution in [0.1, 0.15) is 17.7 Å². The minimum atomic E-state index is -2.91. The van der Waals surface area contributed by atoms with Crippen molar-refractivity contribution in [2.45, 2.75) is 6.43 Å². The molecular weight excluding hydrogens is 197 g/mol. The van der Waals surface area contributed by atoms with Crippen molar-refractivity contribution in [1.29, 1.82) is 5.26 Å². The summed E-state index contributed by atoms with van der Waals surface area (Å²) in [4.78, 5) is 3.12. The molecule has 0 aliphatic rings. The normalized spacial score (nSPS) is 10.0. The van der Waals surface area contributed by atoms with Crippen LogP contribution in [-0.4, -0.2) is 12.1 Å². The highest BCUT2D eigenvalue weighted by atomic mass is 19.3. The maximum atomic E-state index is 12.9. The Kier molecular flexibility index (Phi) is 2.92. The minimum absolute atomic E-state index is 0.404. The number of nitriles is 1. The van der Waals surface area contributed by atoms with Gasteiger partial charge in [0, 0.05) is 0 Å². The first kappa shape index (κ1) is 10.3. The van der Waals surface area contributed by atoms with Crippen molar-refractivity contribution in [2.24, 2.45) is 0 Å². The molecule has 1 heterocycles. The Bertz CT molecular complexity index is 387. The van der Waals surface area contributed by atoms with Crippen LogP contribution in [0.25, 0.3) is 0 Å². The van der Waals surface area contributed by atoms with E-state index in [9.17, 15) is 13.2 Å². The topological polar surface area (TPSA) is 45.9 Å². The van der Waals surface area contributed by atoms with Crippen LogP contribution < -0.4 is 4.74 Å². The van der Waals surface area contributed by atoms with Gasteiger partial charge in [0.15, 0.2) is 5.75 Å². The fraction of sp³-hybridized carbons (Fsp3) is 0.250. The summed E-state index contributed by atoms with van der Waals surface area (Å²) in [7, 11) is 1.05. The second kappa shape index (κ2) is 3.96. The van der Waals surface area contributed by atoms with Crippen LogP contribution in [0.3, 0.4) is 0 Å². The van der Waals surface area contributed by atoms with Gasteiger partial charge in [-0.05, 0) is 6.07 Å². The number of ether oxygens (including phenoxy) is 1. The minimum Gasteiger partial charge on any atom is -0.492 e.